The van der Waals surface area contributed by atoms with Gasteiger partial charge >= 0.3 is 0 Å². The predicted octanol–water partition coefficient (Wildman–Crippen LogP) is 1.92. The van der Waals surface area contributed by atoms with E-state index in [4.69, 9.17) is 0 Å². The third kappa shape index (κ3) is 1.46. The van der Waals surface area contributed by atoms with Gasteiger partial charge in [0.1, 0.15) is 0 Å². The molecule has 0 aliphatic carbocycles. The molecule has 15 heavy (non-hydrogen) atoms. The number of aromatic nitrogens is 3. The van der Waals surface area contributed by atoms with Gasteiger partial charge in [-0.1, -0.05) is 0 Å². The molecule has 0 aromatic carbocycles. The largest absolute Gasteiger partial charge is 0.307 e. The highest BCUT2D eigenvalue weighted by atomic mass is 79.9. The van der Waals surface area contributed by atoms with E-state index in [1.807, 2.05) is 22.7 Å². The maximum absolute atomic E-state index is 4.26. The van der Waals surface area contributed by atoms with Crippen molar-refractivity contribution in [2.75, 3.05) is 6.54 Å². The molecule has 0 spiro atoms. The van der Waals surface area contributed by atoms with Gasteiger partial charge in [0.05, 0.1) is 10.5 Å². The lowest BCUT2D eigenvalue weighted by molar-refractivity contribution is 0.598. The predicted molar refractivity (Wildman–Crippen MR) is 60.7 cm³/mol. The first-order valence-corrected chi connectivity index (χ1v) is 5.88. The molecule has 1 aliphatic rings. The third-order valence-electron chi connectivity index (χ3n) is 2.79. The summed E-state index contributed by atoms with van der Waals surface area (Å²) in [6, 6.07) is 4.34. The van der Waals surface area contributed by atoms with Gasteiger partial charge in [-0.15, -0.1) is 10.2 Å². The van der Waals surface area contributed by atoms with E-state index < -0.39 is 0 Å². The summed E-state index contributed by atoms with van der Waals surface area (Å²) in [5.41, 5.74) is 0.890. The van der Waals surface area contributed by atoms with E-state index in [-0.39, 0.29) is 0 Å². The molecule has 4 nitrogen and oxygen atoms in total. The molecule has 3 rings (SSSR count). The van der Waals surface area contributed by atoms with E-state index in [2.05, 4.69) is 31.4 Å². The number of pyridine rings is 1. The van der Waals surface area contributed by atoms with Crippen LogP contribution in [0.1, 0.15) is 24.7 Å². The molecule has 1 aliphatic heterocycles. The van der Waals surface area contributed by atoms with Crippen LogP contribution in [0.2, 0.25) is 0 Å². The van der Waals surface area contributed by atoms with Gasteiger partial charge in [-0.25, -0.2) is 0 Å². The Bertz CT molecular complexity index is 487. The molecule has 3 heterocycles. The molecule has 5 heteroatoms. The zero-order chi connectivity index (χ0) is 10.3. The Hall–Kier alpha value is -0.940. The Morgan fingerprint density at radius 3 is 3.20 bits per heavy atom. The van der Waals surface area contributed by atoms with Crippen molar-refractivity contribution in [3.05, 3.63) is 28.6 Å². The fourth-order valence-corrected chi connectivity index (χ4v) is 2.47. The number of rotatable bonds is 1. The molecule has 1 N–H and O–H groups in total. The topological polar surface area (TPSA) is 42.2 Å². The summed E-state index contributed by atoms with van der Waals surface area (Å²) >= 11 is 3.48. The molecule has 0 radical (unpaired) electrons. The average Bonchev–Trinajstić information content (AvgIpc) is 2.85. The minimum atomic E-state index is 0.356. The lowest BCUT2D eigenvalue weighted by Crippen LogP contribution is -2.15. The first-order chi connectivity index (χ1) is 7.36. The van der Waals surface area contributed by atoms with Crippen LogP contribution in [0.4, 0.5) is 0 Å². The second kappa shape index (κ2) is 3.57. The van der Waals surface area contributed by atoms with Crippen LogP contribution in [0.3, 0.4) is 0 Å². The van der Waals surface area contributed by atoms with Gasteiger partial charge in [-0.3, -0.25) is 4.40 Å². The number of fused-ring (bicyclic) bond motifs is 1. The van der Waals surface area contributed by atoms with E-state index in [0.717, 1.165) is 28.9 Å². The van der Waals surface area contributed by atoms with Gasteiger partial charge in [0.25, 0.3) is 0 Å². The Labute approximate surface area is 95.8 Å². The molecule has 2 aromatic heterocycles. The van der Waals surface area contributed by atoms with Crippen molar-refractivity contribution in [1.29, 1.82) is 0 Å². The van der Waals surface area contributed by atoms with Crippen LogP contribution in [0, 0.1) is 0 Å². The monoisotopic (exact) mass is 266 g/mol. The van der Waals surface area contributed by atoms with E-state index >= 15 is 0 Å². The Morgan fingerprint density at radius 1 is 1.47 bits per heavy atom. The lowest BCUT2D eigenvalue weighted by Gasteiger charge is -2.07. The minimum Gasteiger partial charge on any atom is -0.307 e. The average molecular weight is 267 g/mol. The van der Waals surface area contributed by atoms with Gasteiger partial charge in [0.2, 0.25) is 0 Å². The zero-order valence-electron chi connectivity index (χ0n) is 8.15. The fourth-order valence-electron chi connectivity index (χ4n) is 2.04. The van der Waals surface area contributed by atoms with Crippen molar-refractivity contribution in [2.24, 2.45) is 0 Å². The Balaban J connectivity index is 2.15. The third-order valence-corrected chi connectivity index (χ3v) is 3.40. The first-order valence-electron chi connectivity index (χ1n) is 5.09. The first kappa shape index (κ1) is 9.30. The van der Waals surface area contributed by atoms with Crippen LogP contribution in [0.5, 0.6) is 0 Å². The summed E-state index contributed by atoms with van der Waals surface area (Å²) in [6.07, 6.45) is 4.37. The van der Waals surface area contributed by atoms with Crippen molar-refractivity contribution < 1.29 is 0 Å². The molecule has 1 unspecified atom stereocenters. The maximum atomic E-state index is 4.26. The van der Waals surface area contributed by atoms with Crippen molar-refractivity contribution >= 4 is 21.6 Å². The second-order valence-electron chi connectivity index (χ2n) is 3.76. The SMILES string of the molecule is Brc1cccn2c(C3CCCN3)nnc12. The standard InChI is InChI=1S/C10H11BrN4/c11-7-3-2-6-15-9(7)13-14-10(15)8-4-1-5-12-8/h2-3,6,8,12H,1,4-5H2. The van der Waals surface area contributed by atoms with Crippen LogP contribution in [0.15, 0.2) is 22.8 Å². The van der Waals surface area contributed by atoms with Crippen molar-refractivity contribution in [3.63, 3.8) is 0 Å². The Morgan fingerprint density at radius 2 is 2.40 bits per heavy atom. The number of hydrogen-bond donors (Lipinski definition) is 1. The number of halogens is 1. The lowest BCUT2D eigenvalue weighted by atomic mass is 10.2. The normalized spacial score (nSPS) is 21.3. The zero-order valence-corrected chi connectivity index (χ0v) is 9.74. The van der Waals surface area contributed by atoms with E-state index in [1.54, 1.807) is 0 Å². The van der Waals surface area contributed by atoms with Crippen LogP contribution in [0.25, 0.3) is 5.65 Å². The highest BCUT2D eigenvalue weighted by molar-refractivity contribution is 9.10. The number of hydrogen-bond acceptors (Lipinski definition) is 3. The van der Waals surface area contributed by atoms with Crippen LogP contribution < -0.4 is 5.32 Å². The summed E-state index contributed by atoms with van der Waals surface area (Å²) in [7, 11) is 0. The van der Waals surface area contributed by atoms with E-state index in [9.17, 15) is 0 Å². The summed E-state index contributed by atoms with van der Waals surface area (Å²) in [5, 5.41) is 11.9. The maximum Gasteiger partial charge on any atom is 0.175 e. The van der Waals surface area contributed by atoms with Crippen LogP contribution in [-0.2, 0) is 0 Å². The molecular weight excluding hydrogens is 256 g/mol. The summed E-state index contributed by atoms with van der Waals surface area (Å²) in [6.45, 7) is 1.08. The van der Waals surface area contributed by atoms with Crippen molar-refractivity contribution in [2.45, 2.75) is 18.9 Å². The van der Waals surface area contributed by atoms with E-state index in [0.29, 0.717) is 6.04 Å². The molecule has 1 saturated heterocycles. The van der Waals surface area contributed by atoms with Crippen LogP contribution >= 0.6 is 15.9 Å². The van der Waals surface area contributed by atoms with Gasteiger partial charge < -0.3 is 5.32 Å². The molecule has 0 amide bonds. The quantitative estimate of drug-likeness (QED) is 0.858. The summed E-state index contributed by atoms with van der Waals surface area (Å²) in [4.78, 5) is 0. The minimum absolute atomic E-state index is 0.356. The van der Waals surface area contributed by atoms with E-state index in [1.165, 1.54) is 6.42 Å². The molecule has 0 bridgehead atoms. The van der Waals surface area contributed by atoms with Gasteiger partial charge in [-0.05, 0) is 47.4 Å². The molecular formula is C10H11BrN4. The van der Waals surface area contributed by atoms with Gasteiger partial charge in [0.15, 0.2) is 11.5 Å². The van der Waals surface area contributed by atoms with Crippen molar-refractivity contribution in [1.82, 2.24) is 19.9 Å². The van der Waals surface area contributed by atoms with Gasteiger partial charge in [-0.2, -0.15) is 0 Å². The number of nitrogens with zero attached hydrogens (tertiary/aromatic N) is 3. The summed E-state index contributed by atoms with van der Waals surface area (Å²) < 4.78 is 3.04. The van der Waals surface area contributed by atoms with Gasteiger partial charge in [0, 0.05) is 6.20 Å². The highest BCUT2D eigenvalue weighted by Gasteiger charge is 2.21. The van der Waals surface area contributed by atoms with Crippen LogP contribution in [-0.4, -0.2) is 21.1 Å². The highest BCUT2D eigenvalue weighted by Crippen LogP contribution is 2.24. The second-order valence-corrected chi connectivity index (χ2v) is 4.61. The molecule has 0 saturated carbocycles. The molecule has 78 valence electrons. The van der Waals surface area contributed by atoms with Crippen molar-refractivity contribution in [3.8, 4) is 0 Å². The molecule has 1 fully saturated rings. The molecule has 1 atom stereocenters. The Kier molecular flexibility index (Phi) is 2.21. The fraction of sp³-hybridized carbons (Fsp3) is 0.400. The molecule has 2 aromatic rings. The smallest absolute Gasteiger partial charge is 0.175 e. The number of nitrogens with one attached hydrogen (secondary N) is 1. The summed E-state index contributed by atoms with van der Waals surface area (Å²) in [5.74, 6) is 1.02.